The summed E-state index contributed by atoms with van der Waals surface area (Å²) in [6, 6.07) is 6.46. The number of para-hydroxylation sites is 1. The van der Waals surface area contributed by atoms with Crippen LogP contribution in [0, 0.1) is 12.7 Å². The van der Waals surface area contributed by atoms with Crippen LogP contribution in [0.2, 0.25) is 0 Å². The highest BCUT2D eigenvalue weighted by Gasteiger charge is 2.05. The van der Waals surface area contributed by atoms with Crippen molar-refractivity contribution in [2.75, 3.05) is 0 Å². The Morgan fingerprint density at radius 3 is 2.94 bits per heavy atom. The molecule has 17 heavy (non-hydrogen) atoms. The Bertz CT molecular complexity index is 620. The lowest BCUT2D eigenvalue weighted by molar-refractivity contribution is -0.131. The van der Waals surface area contributed by atoms with Crippen LogP contribution in [0.1, 0.15) is 11.3 Å². The molecule has 0 radical (unpaired) electrons. The Balaban J connectivity index is 2.62. The number of rotatable bonds is 2. The van der Waals surface area contributed by atoms with Crippen LogP contribution in [-0.4, -0.2) is 16.1 Å². The van der Waals surface area contributed by atoms with Crippen molar-refractivity contribution in [2.45, 2.75) is 6.92 Å². The second-order valence-electron chi connectivity index (χ2n) is 3.67. The predicted molar refractivity (Wildman–Crippen MR) is 63.1 cm³/mol. The summed E-state index contributed by atoms with van der Waals surface area (Å²) in [5.74, 6) is -1.46. The zero-order valence-electron chi connectivity index (χ0n) is 9.14. The first-order valence-corrected chi connectivity index (χ1v) is 5.05. The van der Waals surface area contributed by atoms with E-state index < -0.39 is 11.8 Å². The van der Waals surface area contributed by atoms with E-state index >= 15 is 0 Å². The second kappa shape index (κ2) is 4.33. The van der Waals surface area contributed by atoms with Gasteiger partial charge in [-0.05, 0) is 30.7 Å². The number of fused-ring (bicyclic) bond motifs is 1. The van der Waals surface area contributed by atoms with E-state index in [0.717, 1.165) is 17.0 Å². The van der Waals surface area contributed by atoms with E-state index in [-0.39, 0.29) is 5.52 Å². The van der Waals surface area contributed by atoms with Gasteiger partial charge >= 0.3 is 5.97 Å². The van der Waals surface area contributed by atoms with Crippen LogP contribution in [-0.2, 0) is 4.79 Å². The summed E-state index contributed by atoms with van der Waals surface area (Å²) in [5, 5.41) is 9.26. The van der Waals surface area contributed by atoms with Crippen LogP contribution in [0.15, 0.2) is 30.3 Å². The molecule has 0 spiro atoms. The van der Waals surface area contributed by atoms with E-state index in [1.54, 1.807) is 18.2 Å². The highest BCUT2D eigenvalue weighted by Crippen LogP contribution is 2.20. The highest BCUT2D eigenvalue weighted by atomic mass is 19.1. The molecule has 0 bridgehead atoms. The van der Waals surface area contributed by atoms with E-state index in [2.05, 4.69) is 4.98 Å². The maximum atomic E-state index is 13.5. The largest absolute Gasteiger partial charge is 0.478 e. The van der Waals surface area contributed by atoms with Crippen molar-refractivity contribution >= 4 is 22.9 Å². The number of aromatic nitrogens is 1. The number of hydrogen-bond acceptors (Lipinski definition) is 2. The molecule has 0 fully saturated rings. The van der Waals surface area contributed by atoms with Crippen LogP contribution in [0.4, 0.5) is 4.39 Å². The van der Waals surface area contributed by atoms with E-state index in [0.29, 0.717) is 5.69 Å². The number of pyridine rings is 1. The third-order valence-electron chi connectivity index (χ3n) is 2.41. The smallest absolute Gasteiger partial charge is 0.328 e. The summed E-state index contributed by atoms with van der Waals surface area (Å²) in [6.45, 7) is 1.83. The number of aliphatic carboxylic acids is 1. The third-order valence-corrected chi connectivity index (χ3v) is 2.41. The van der Waals surface area contributed by atoms with Crippen molar-refractivity contribution in [3.05, 3.63) is 47.4 Å². The summed E-state index contributed by atoms with van der Waals surface area (Å²) in [4.78, 5) is 14.5. The summed E-state index contributed by atoms with van der Waals surface area (Å²) < 4.78 is 13.5. The number of carboxylic acid groups (broad SMARTS) is 1. The molecule has 0 aliphatic heterocycles. The Hall–Kier alpha value is -2.23. The third kappa shape index (κ3) is 2.30. The van der Waals surface area contributed by atoms with Gasteiger partial charge in [0.15, 0.2) is 0 Å². The number of nitrogens with zero attached hydrogens (tertiary/aromatic N) is 1. The lowest BCUT2D eigenvalue weighted by Crippen LogP contribution is -1.92. The van der Waals surface area contributed by atoms with Gasteiger partial charge in [-0.25, -0.2) is 14.2 Å². The standard InChI is InChI=1S/C13H10FNO2/c1-8-7-9(5-6-12(16)17)15-13-10(8)3-2-4-11(13)14/h2-7H,1H3,(H,16,17)/b6-5+. The Morgan fingerprint density at radius 2 is 2.24 bits per heavy atom. The molecule has 1 aromatic heterocycles. The summed E-state index contributed by atoms with van der Waals surface area (Å²) in [6.07, 6.45) is 2.33. The summed E-state index contributed by atoms with van der Waals surface area (Å²) in [5.41, 5.74) is 1.56. The molecular weight excluding hydrogens is 221 g/mol. The fraction of sp³-hybridized carbons (Fsp3) is 0.0769. The zero-order valence-corrected chi connectivity index (χ0v) is 9.14. The molecule has 0 unspecified atom stereocenters. The minimum atomic E-state index is -1.06. The van der Waals surface area contributed by atoms with Crippen LogP contribution in [0.3, 0.4) is 0 Å². The average molecular weight is 231 g/mol. The van der Waals surface area contributed by atoms with E-state index in [1.165, 1.54) is 12.1 Å². The SMILES string of the molecule is Cc1cc(/C=C/C(=O)O)nc2c(F)cccc12. The van der Waals surface area contributed by atoms with E-state index in [1.807, 2.05) is 6.92 Å². The van der Waals surface area contributed by atoms with Crippen LogP contribution in [0.5, 0.6) is 0 Å². The number of aryl methyl sites for hydroxylation is 1. The van der Waals surface area contributed by atoms with Crippen LogP contribution >= 0.6 is 0 Å². The molecule has 2 aromatic rings. The first kappa shape index (κ1) is 11.3. The molecule has 0 saturated heterocycles. The predicted octanol–water partition coefficient (Wildman–Crippen LogP) is 2.78. The average Bonchev–Trinajstić information content (AvgIpc) is 2.28. The van der Waals surface area contributed by atoms with Gasteiger partial charge in [-0.15, -0.1) is 0 Å². The first-order valence-electron chi connectivity index (χ1n) is 5.05. The van der Waals surface area contributed by atoms with Gasteiger partial charge in [0.25, 0.3) is 0 Å². The lowest BCUT2D eigenvalue weighted by Gasteiger charge is -2.04. The zero-order chi connectivity index (χ0) is 12.4. The Morgan fingerprint density at radius 1 is 1.47 bits per heavy atom. The number of hydrogen-bond donors (Lipinski definition) is 1. The van der Waals surface area contributed by atoms with Gasteiger partial charge in [0.1, 0.15) is 11.3 Å². The number of carboxylic acids is 1. The molecule has 4 heteroatoms. The van der Waals surface area contributed by atoms with Crippen molar-refractivity contribution in [1.29, 1.82) is 0 Å². The molecular formula is C13H10FNO2. The van der Waals surface area contributed by atoms with Gasteiger partial charge in [-0.3, -0.25) is 0 Å². The van der Waals surface area contributed by atoms with Crippen LogP contribution in [0.25, 0.3) is 17.0 Å². The Kier molecular flexibility index (Phi) is 2.87. The van der Waals surface area contributed by atoms with Gasteiger partial charge in [-0.1, -0.05) is 12.1 Å². The van der Waals surface area contributed by atoms with Crippen molar-refractivity contribution in [3.63, 3.8) is 0 Å². The summed E-state index contributed by atoms with van der Waals surface area (Å²) >= 11 is 0. The van der Waals surface area contributed by atoms with Gasteiger partial charge in [-0.2, -0.15) is 0 Å². The van der Waals surface area contributed by atoms with Gasteiger partial charge < -0.3 is 5.11 Å². The van der Waals surface area contributed by atoms with Crippen molar-refractivity contribution < 1.29 is 14.3 Å². The minimum Gasteiger partial charge on any atom is -0.478 e. The summed E-state index contributed by atoms with van der Waals surface area (Å²) in [7, 11) is 0. The lowest BCUT2D eigenvalue weighted by atomic mass is 10.1. The van der Waals surface area contributed by atoms with Crippen molar-refractivity contribution in [3.8, 4) is 0 Å². The molecule has 2 rings (SSSR count). The molecule has 0 saturated carbocycles. The molecule has 1 aromatic carbocycles. The molecule has 1 heterocycles. The fourth-order valence-electron chi connectivity index (χ4n) is 1.65. The maximum absolute atomic E-state index is 13.5. The number of halogens is 1. The Labute approximate surface area is 97.2 Å². The van der Waals surface area contributed by atoms with Crippen LogP contribution < -0.4 is 0 Å². The molecule has 0 aliphatic rings. The van der Waals surface area contributed by atoms with Crippen molar-refractivity contribution in [2.24, 2.45) is 0 Å². The monoisotopic (exact) mass is 231 g/mol. The first-order chi connectivity index (χ1) is 8.08. The van der Waals surface area contributed by atoms with E-state index in [9.17, 15) is 9.18 Å². The van der Waals surface area contributed by atoms with Gasteiger partial charge in [0.05, 0.1) is 5.69 Å². The van der Waals surface area contributed by atoms with E-state index in [4.69, 9.17) is 5.11 Å². The molecule has 3 nitrogen and oxygen atoms in total. The molecule has 0 aliphatic carbocycles. The second-order valence-corrected chi connectivity index (χ2v) is 3.67. The maximum Gasteiger partial charge on any atom is 0.328 e. The topological polar surface area (TPSA) is 50.2 Å². The van der Waals surface area contributed by atoms with Gasteiger partial charge in [0.2, 0.25) is 0 Å². The molecule has 0 amide bonds. The normalized spacial score (nSPS) is 11.2. The number of carbonyl (C=O) groups is 1. The quantitative estimate of drug-likeness (QED) is 0.808. The minimum absolute atomic E-state index is 0.262. The molecule has 86 valence electrons. The molecule has 1 N–H and O–H groups in total. The fourth-order valence-corrected chi connectivity index (χ4v) is 1.65. The number of benzene rings is 1. The van der Waals surface area contributed by atoms with Gasteiger partial charge in [0, 0.05) is 11.5 Å². The highest BCUT2D eigenvalue weighted by molar-refractivity contribution is 5.87. The van der Waals surface area contributed by atoms with Crippen molar-refractivity contribution in [1.82, 2.24) is 4.98 Å². The molecule has 0 atom stereocenters.